The van der Waals surface area contributed by atoms with Gasteiger partial charge in [0.05, 0.1) is 17.6 Å². The second-order valence-corrected chi connectivity index (χ2v) is 12.6. The lowest BCUT2D eigenvalue weighted by molar-refractivity contribution is -0.384. The van der Waals surface area contributed by atoms with Crippen LogP contribution in [-0.4, -0.2) is 59.3 Å². The molecule has 4 unspecified atom stereocenters. The molecule has 0 spiro atoms. The van der Waals surface area contributed by atoms with Crippen LogP contribution in [-0.2, 0) is 44.9 Å². The van der Waals surface area contributed by atoms with Crippen LogP contribution in [0.1, 0.15) is 29.2 Å². The Kier molecular flexibility index (Phi) is 14.2. The van der Waals surface area contributed by atoms with Crippen molar-refractivity contribution in [2.24, 2.45) is 11.5 Å². The largest absolute Gasteiger partial charge is 0.494 e. The summed E-state index contributed by atoms with van der Waals surface area (Å²) < 4.78 is 5.53. The summed E-state index contributed by atoms with van der Waals surface area (Å²) in [6, 6.07) is 23.8. The van der Waals surface area contributed by atoms with E-state index in [1.165, 1.54) is 24.3 Å². The Labute approximate surface area is 306 Å². The Hall–Kier alpha value is -5.79. The van der Waals surface area contributed by atoms with E-state index in [9.17, 15) is 29.3 Å². The zero-order chi connectivity index (χ0) is 37.6. The number of nitrogens with zero attached hydrogens (tertiary/aromatic N) is 1. The lowest BCUT2D eigenvalue weighted by Gasteiger charge is -2.26. The van der Waals surface area contributed by atoms with Crippen LogP contribution in [0, 0.1) is 10.1 Å². The maximum atomic E-state index is 14.0. The van der Waals surface area contributed by atoms with E-state index < -0.39 is 52.7 Å². The number of non-ortho nitro benzene ring substituents is 1. The third-order valence-electron chi connectivity index (χ3n) is 8.18. The topological polar surface area (TPSA) is 209 Å². The normalized spacial score (nSPS) is 13.1. The highest BCUT2D eigenvalue weighted by Gasteiger charge is 2.31. The number of carbonyl (C=O) groups is 4. The van der Waals surface area contributed by atoms with Crippen LogP contribution >= 0.6 is 11.6 Å². The molecule has 4 atom stereocenters. The number of carbonyl (C=O) groups excluding carboxylic acids is 4. The molecule has 7 N–H and O–H groups in total. The Morgan fingerprint density at radius 2 is 1.12 bits per heavy atom. The number of nitrogens with one attached hydrogen (secondary N) is 3. The third kappa shape index (κ3) is 11.9. The molecule has 4 aromatic rings. The summed E-state index contributed by atoms with van der Waals surface area (Å²) >= 11 is 6.08. The summed E-state index contributed by atoms with van der Waals surface area (Å²) in [5.41, 5.74) is 14.5. The molecule has 4 aromatic carbocycles. The first-order valence-corrected chi connectivity index (χ1v) is 17.0. The fourth-order valence-corrected chi connectivity index (χ4v) is 5.52. The molecule has 0 aliphatic rings. The number of ether oxygens (including phenoxy) is 1. The molecule has 0 aromatic heterocycles. The van der Waals surface area contributed by atoms with Gasteiger partial charge in [0.25, 0.3) is 5.69 Å². The summed E-state index contributed by atoms with van der Waals surface area (Å²) in [6.45, 7) is 2.31. The van der Waals surface area contributed by atoms with Crippen molar-refractivity contribution in [2.75, 3.05) is 6.61 Å². The third-order valence-corrected chi connectivity index (χ3v) is 8.43. The first-order valence-electron chi connectivity index (χ1n) is 16.6. The molecular weight excluding hydrogens is 688 g/mol. The van der Waals surface area contributed by atoms with E-state index in [2.05, 4.69) is 16.0 Å². The van der Waals surface area contributed by atoms with Crippen molar-refractivity contribution < 1.29 is 28.8 Å². The maximum absolute atomic E-state index is 14.0. The second-order valence-electron chi connectivity index (χ2n) is 12.1. The molecule has 13 nitrogen and oxygen atoms in total. The van der Waals surface area contributed by atoms with Crippen LogP contribution in [0.4, 0.5) is 5.69 Å². The van der Waals surface area contributed by atoms with Crippen molar-refractivity contribution in [1.29, 1.82) is 0 Å². The van der Waals surface area contributed by atoms with Crippen molar-refractivity contribution in [3.05, 3.63) is 141 Å². The average Bonchev–Trinajstić information content (AvgIpc) is 3.13. The Morgan fingerprint density at radius 3 is 1.62 bits per heavy atom. The molecule has 0 aliphatic carbocycles. The Morgan fingerprint density at radius 1 is 0.673 bits per heavy atom. The van der Waals surface area contributed by atoms with Crippen molar-refractivity contribution in [2.45, 2.75) is 56.8 Å². The highest BCUT2D eigenvalue weighted by Crippen LogP contribution is 2.17. The summed E-state index contributed by atoms with van der Waals surface area (Å²) in [7, 11) is 0. The molecule has 4 amide bonds. The quantitative estimate of drug-likeness (QED) is 0.0757. The van der Waals surface area contributed by atoms with Gasteiger partial charge >= 0.3 is 0 Å². The van der Waals surface area contributed by atoms with E-state index in [1.807, 2.05) is 37.3 Å². The van der Waals surface area contributed by atoms with E-state index in [0.717, 1.165) is 5.56 Å². The smallest absolute Gasteiger partial charge is 0.269 e. The number of hydrogen-bond donors (Lipinski definition) is 5. The summed E-state index contributed by atoms with van der Waals surface area (Å²) in [5, 5.41) is 19.7. The lowest BCUT2D eigenvalue weighted by atomic mass is 10.0. The van der Waals surface area contributed by atoms with Gasteiger partial charge in [0.15, 0.2) is 0 Å². The molecule has 272 valence electrons. The lowest BCUT2D eigenvalue weighted by Crippen LogP contribution is -2.58. The van der Waals surface area contributed by atoms with Gasteiger partial charge in [-0.25, -0.2) is 0 Å². The minimum atomic E-state index is -1.23. The molecule has 0 radical (unpaired) electrons. The van der Waals surface area contributed by atoms with Crippen LogP contribution in [0.2, 0.25) is 5.02 Å². The van der Waals surface area contributed by atoms with E-state index in [0.29, 0.717) is 34.1 Å². The standard InChI is InChI=1S/C38H41ClN6O7/c1-2-52-30-18-12-27(13-19-30)23-34(37(48)42-32(35(41)46)21-26-10-16-29(17-11-26)45(50)51)44-38(49)33(22-25-8-14-28(39)15-9-25)43-36(47)31(40)20-24-6-4-3-5-7-24/h3-19,31-34H,2,20-23,40H2,1H3,(H2,41,46)(H,42,48)(H,43,47)(H,44,49). The number of hydrogen-bond acceptors (Lipinski definition) is 8. The number of benzene rings is 4. The average molecular weight is 729 g/mol. The molecule has 0 aliphatic heterocycles. The predicted octanol–water partition coefficient (Wildman–Crippen LogP) is 3.18. The molecule has 0 saturated carbocycles. The van der Waals surface area contributed by atoms with Gasteiger partial charge in [-0.3, -0.25) is 29.3 Å². The molecular formula is C38H41ClN6O7. The van der Waals surface area contributed by atoms with Crippen molar-refractivity contribution in [3.8, 4) is 5.75 Å². The van der Waals surface area contributed by atoms with Gasteiger partial charge in [-0.15, -0.1) is 0 Å². The zero-order valence-electron chi connectivity index (χ0n) is 28.5. The highest BCUT2D eigenvalue weighted by atomic mass is 35.5. The molecule has 14 heteroatoms. The fourth-order valence-electron chi connectivity index (χ4n) is 5.40. The van der Waals surface area contributed by atoms with Crippen molar-refractivity contribution in [1.82, 2.24) is 16.0 Å². The van der Waals surface area contributed by atoms with Gasteiger partial charge in [-0.2, -0.15) is 0 Å². The van der Waals surface area contributed by atoms with Gasteiger partial charge in [-0.05, 0) is 59.9 Å². The van der Waals surface area contributed by atoms with Crippen LogP contribution in [0.25, 0.3) is 0 Å². The Balaban J connectivity index is 1.58. The first-order chi connectivity index (χ1) is 24.9. The SMILES string of the molecule is CCOc1ccc(CC(NC(=O)C(Cc2ccc(Cl)cc2)NC(=O)C(N)Cc2ccccc2)C(=O)NC(Cc2ccc([N+](=O)[O-])cc2)C(N)=O)cc1. The van der Waals surface area contributed by atoms with E-state index in [-0.39, 0.29) is 31.4 Å². The zero-order valence-corrected chi connectivity index (χ0v) is 29.3. The number of primary amides is 1. The minimum Gasteiger partial charge on any atom is -0.494 e. The van der Waals surface area contributed by atoms with Crippen LogP contribution in [0.15, 0.2) is 103 Å². The highest BCUT2D eigenvalue weighted by molar-refractivity contribution is 6.30. The summed E-state index contributed by atoms with van der Waals surface area (Å²) in [4.78, 5) is 64.3. The van der Waals surface area contributed by atoms with Crippen molar-refractivity contribution >= 4 is 40.9 Å². The number of amides is 4. The van der Waals surface area contributed by atoms with E-state index in [1.54, 1.807) is 48.5 Å². The predicted molar refractivity (Wildman–Crippen MR) is 196 cm³/mol. The molecule has 4 rings (SSSR count). The van der Waals surface area contributed by atoms with Gasteiger partial charge in [0.1, 0.15) is 23.9 Å². The molecule has 0 fully saturated rings. The molecule has 0 saturated heterocycles. The minimum absolute atomic E-state index is 0.00211. The maximum Gasteiger partial charge on any atom is 0.269 e. The fraction of sp³-hybridized carbons (Fsp3) is 0.263. The monoisotopic (exact) mass is 728 g/mol. The van der Waals surface area contributed by atoms with Gasteiger partial charge in [-0.1, -0.05) is 78.3 Å². The number of rotatable bonds is 18. The van der Waals surface area contributed by atoms with Gasteiger partial charge in [0, 0.05) is 36.4 Å². The molecule has 0 bridgehead atoms. The van der Waals surface area contributed by atoms with Crippen LogP contribution < -0.4 is 32.2 Å². The Bertz CT molecular complexity index is 1820. The van der Waals surface area contributed by atoms with Crippen LogP contribution in [0.5, 0.6) is 5.75 Å². The number of nitrogens with two attached hydrogens (primary N) is 2. The molecule has 0 heterocycles. The van der Waals surface area contributed by atoms with Crippen molar-refractivity contribution in [3.63, 3.8) is 0 Å². The van der Waals surface area contributed by atoms with Gasteiger partial charge in [0.2, 0.25) is 23.6 Å². The summed E-state index contributed by atoms with van der Waals surface area (Å²) in [6.07, 6.45) is 0.224. The van der Waals surface area contributed by atoms with E-state index in [4.69, 9.17) is 27.8 Å². The number of halogens is 1. The first kappa shape index (κ1) is 39.0. The molecule has 52 heavy (non-hydrogen) atoms. The number of nitro groups is 1. The van der Waals surface area contributed by atoms with E-state index >= 15 is 0 Å². The summed E-state index contributed by atoms with van der Waals surface area (Å²) in [5.74, 6) is -2.19. The van der Waals surface area contributed by atoms with Crippen LogP contribution in [0.3, 0.4) is 0 Å². The number of nitro benzene ring substituents is 1. The van der Waals surface area contributed by atoms with Gasteiger partial charge < -0.3 is 32.2 Å². The second kappa shape index (κ2) is 19.0.